The van der Waals surface area contributed by atoms with Crippen molar-refractivity contribution in [3.63, 3.8) is 0 Å². The molecule has 0 bridgehead atoms. The van der Waals surface area contributed by atoms with Gasteiger partial charge in [0.05, 0.1) is 5.70 Å². The number of nitrogens with two attached hydrogens (primary N) is 1. The Hall–Kier alpha value is -1.32. The summed E-state index contributed by atoms with van der Waals surface area (Å²) in [4.78, 5) is 10.9. The molecule has 13 heavy (non-hydrogen) atoms. The Morgan fingerprint density at radius 1 is 1.77 bits per heavy atom. The second kappa shape index (κ2) is 2.87. The maximum absolute atomic E-state index is 13.0. The fraction of sp³-hybridized carbons (Fsp3) is 0.444. The first-order chi connectivity index (χ1) is 5.90. The SMILES string of the molecule is CC1C=CC(F)=C(N)C1(C)C(=O)O. The van der Waals surface area contributed by atoms with Crippen molar-refractivity contribution < 1.29 is 14.3 Å². The zero-order valence-electron chi connectivity index (χ0n) is 7.54. The van der Waals surface area contributed by atoms with Gasteiger partial charge in [0.25, 0.3) is 0 Å². The minimum atomic E-state index is -1.32. The lowest BCUT2D eigenvalue weighted by Crippen LogP contribution is -2.40. The monoisotopic (exact) mass is 185 g/mol. The van der Waals surface area contributed by atoms with Gasteiger partial charge in [-0.15, -0.1) is 0 Å². The summed E-state index contributed by atoms with van der Waals surface area (Å²) in [7, 11) is 0. The van der Waals surface area contributed by atoms with Crippen molar-refractivity contribution in [3.05, 3.63) is 23.7 Å². The number of halogens is 1. The van der Waals surface area contributed by atoms with Crippen molar-refractivity contribution >= 4 is 5.97 Å². The highest BCUT2D eigenvalue weighted by atomic mass is 19.1. The summed E-state index contributed by atoms with van der Waals surface area (Å²) < 4.78 is 13.0. The first-order valence-electron chi connectivity index (χ1n) is 3.98. The number of allylic oxidation sites excluding steroid dienone is 3. The second-order valence-electron chi connectivity index (χ2n) is 3.42. The van der Waals surface area contributed by atoms with Gasteiger partial charge in [0.1, 0.15) is 11.2 Å². The third kappa shape index (κ3) is 1.22. The largest absolute Gasteiger partial charge is 0.481 e. The molecule has 0 radical (unpaired) electrons. The van der Waals surface area contributed by atoms with E-state index in [2.05, 4.69) is 0 Å². The van der Waals surface area contributed by atoms with Crippen LogP contribution in [0.15, 0.2) is 23.7 Å². The molecule has 0 saturated heterocycles. The minimum Gasteiger partial charge on any atom is -0.481 e. The van der Waals surface area contributed by atoms with Crippen LogP contribution in [-0.4, -0.2) is 11.1 Å². The first kappa shape index (κ1) is 9.77. The molecule has 0 spiro atoms. The highest BCUT2D eigenvalue weighted by Gasteiger charge is 2.43. The van der Waals surface area contributed by atoms with E-state index in [1.807, 2.05) is 0 Å². The third-order valence-corrected chi connectivity index (χ3v) is 2.70. The summed E-state index contributed by atoms with van der Waals surface area (Å²) >= 11 is 0. The van der Waals surface area contributed by atoms with E-state index >= 15 is 0 Å². The summed E-state index contributed by atoms with van der Waals surface area (Å²) in [6.07, 6.45) is 2.73. The van der Waals surface area contributed by atoms with Crippen molar-refractivity contribution in [2.75, 3.05) is 0 Å². The van der Waals surface area contributed by atoms with Gasteiger partial charge in [-0.3, -0.25) is 4.79 Å². The number of carboxylic acids is 1. The lowest BCUT2D eigenvalue weighted by Gasteiger charge is -2.32. The van der Waals surface area contributed by atoms with Crippen LogP contribution in [0.5, 0.6) is 0 Å². The van der Waals surface area contributed by atoms with Crippen molar-refractivity contribution in [3.8, 4) is 0 Å². The molecule has 1 aliphatic rings. The molecule has 0 heterocycles. The van der Waals surface area contributed by atoms with Gasteiger partial charge in [-0.2, -0.15) is 0 Å². The molecule has 1 aliphatic carbocycles. The minimum absolute atomic E-state index is 0.199. The Labute approximate surface area is 75.7 Å². The average Bonchev–Trinajstić information content (AvgIpc) is 2.08. The zero-order valence-corrected chi connectivity index (χ0v) is 7.54. The molecular weight excluding hydrogens is 173 g/mol. The van der Waals surface area contributed by atoms with E-state index in [4.69, 9.17) is 10.8 Å². The number of carbonyl (C=O) groups is 1. The summed E-state index contributed by atoms with van der Waals surface area (Å²) in [5, 5.41) is 8.94. The fourth-order valence-corrected chi connectivity index (χ4v) is 1.31. The normalized spacial score (nSPS) is 33.6. The van der Waals surface area contributed by atoms with E-state index in [-0.39, 0.29) is 11.6 Å². The number of hydrogen-bond acceptors (Lipinski definition) is 2. The molecule has 0 amide bonds. The second-order valence-corrected chi connectivity index (χ2v) is 3.42. The molecule has 72 valence electrons. The highest BCUT2D eigenvalue weighted by molar-refractivity contribution is 5.79. The van der Waals surface area contributed by atoms with E-state index in [1.165, 1.54) is 19.1 Å². The molecule has 3 nitrogen and oxygen atoms in total. The first-order valence-corrected chi connectivity index (χ1v) is 3.98. The van der Waals surface area contributed by atoms with Gasteiger partial charge in [-0.05, 0) is 18.9 Å². The Morgan fingerprint density at radius 2 is 2.31 bits per heavy atom. The number of hydrogen-bond donors (Lipinski definition) is 2. The molecule has 3 N–H and O–H groups in total. The van der Waals surface area contributed by atoms with E-state index in [0.29, 0.717) is 0 Å². The standard InChI is InChI=1S/C9H12FNO2/c1-5-3-4-6(10)7(11)9(5,2)8(12)13/h3-5H,11H2,1-2H3,(H,12,13). The predicted octanol–water partition coefficient (Wildman–Crippen LogP) is 1.42. The summed E-state index contributed by atoms with van der Waals surface area (Å²) in [6.45, 7) is 3.13. The molecule has 0 fully saturated rings. The van der Waals surface area contributed by atoms with Crippen LogP contribution in [0, 0.1) is 11.3 Å². The molecule has 0 saturated carbocycles. The molecular formula is C9H12FNO2. The van der Waals surface area contributed by atoms with E-state index in [0.717, 1.165) is 0 Å². The zero-order chi connectivity index (χ0) is 10.2. The molecule has 0 aliphatic heterocycles. The van der Waals surface area contributed by atoms with E-state index < -0.39 is 17.2 Å². The topological polar surface area (TPSA) is 63.3 Å². The van der Waals surface area contributed by atoms with Crippen LogP contribution in [0.1, 0.15) is 13.8 Å². The number of aliphatic carboxylic acids is 1. The summed E-state index contributed by atoms with van der Waals surface area (Å²) in [5.41, 5.74) is 3.90. The van der Waals surface area contributed by atoms with Gasteiger partial charge in [-0.1, -0.05) is 13.0 Å². The van der Waals surface area contributed by atoms with Crippen LogP contribution in [0.2, 0.25) is 0 Å². The smallest absolute Gasteiger partial charge is 0.316 e. The average molecular weight is 185 g/mol. The van der Waals surface area contributed by atoms with E-state index in [1.54, 1.807) is 6.92 Å². The Morgan fingerprint density at radius 3 is 2.69 bits per heavy atom. The summed E-state index contributed by atoms with van der Waals surface area (Å²) in [6, 6.07) is 0. The third-order valence-electron chi connectivity index (χ3n) is 2.70. The van der Waals surface area contributed by atoms with Crippen LogP contribution in [-0.2, 0) is 4.79 Å². The van der Waals surface area contributed by atoms with Crippen molar-refractivity contribution in [1.82, 2.24) is 0 Å². The van der Waals surface area contributed by atoms with Crippen molar-refractivity contribution in [2.24, 2.45) is 17.1 Å². The van der Waals surface area contributed by atoms with Crippen molar-refractivity contribution in [2.45, 2.75) is 13.8 Å². The maximum atomic E-state index is 13.0. The van der Waals surface area contributed by atoms with Gasteiger partial charge in [-0.25, -0.2) is 4.39 Å². The quantitative estimate of drug-likeness (QED) is 0.649. The molecule has 4 heteroatoms. The molecule has 1 rings (SSSR count). The van der Waals surface area contributed by atoms with Crippen molar-refractivity contribution in [1.29, 1.82) is 0 Å². The van der Waals surface area contributed by atoms with Gasteiger partial charge in [0, 0.05) is 0 Å². The molecule has 0 aromatic heterocycles. The molecule has 2 atom stereocenters. The molecule has 2 unspecified atom stereocenters. The molecule has 0 aromatic rings. The number of carboxylic acid groups (broad SMARTS) is 1. The van der Waals surface area contributed by atoms with Crippen LogP contribution in [0.3, 0.4) is 0 Å². The van der Waals surface area contributed by atoms with Crippen LogP contribution in [0.4, 0.5) is 4.39 Å². The summed E-state index contributed by atoms with van der Waals surface area (Å²) in [5.74, 6) is -2.05. The Balaban J connectivity index is 3.24. The predicted molar refractivity (Wildman–Crippen MR) is 46.4 cm³/mol. The number of rotatable bonds is 1. The van der Waals surface area contributed by atoms with E-state index in [9.17, 15) is 9.18 Å². The lowest BCUT2D eigenvalue weighted by atomic mass is 9.73. The van der Waals surface area contributed by atoms with Gasteiger partial charge >= 0.3 is 5.97 Å². The van der Waals surface area contributed by atoms with Gasteiger partial charge in [0.15, 0.2) is 0 Å². The Kier molecular flexibility index (Phi) is 2.15. The van der Waals surface area contributed by atoms with Gasteiger partial charge in [0.2, 0.25) is 0 Å². The maximum Gasteiger partial charge on any atom is 0.316 e. The Bertz CT molecular complexity index is 309. The molecule has 0 aromatic carbocycles. The fourth-order valence-electron chi connectivity index (χ4n) is 1.31. The van der Waals surface area contributed by atoms with Crippen LogP contribution in [0.25, 0.3) is 0 Å². The highest BCUT2D eigenvalue weighted by Crippen LogP contribution is 2.39. The lowest BCUT2D eigenvalue weighted by molar-refractivity contribution is -0.147. The van der Waals surface area contributed by atoms with Gasteiger partial charge < -0.3 is 10.8 Å². The van der Waals surface area contributed by atoms with Crippen LogP contribution < -0.4 is 5.73 Å². The van der Waals surface area contributed by atoms with Crippen LogP contribution >= 0.6 is 0 Å².